The highest BCUT2D eigenvalue weighted by atomic mass is 32.2. The summed E-state index contributed by atoms with van der Waals surface area (Å²) in [4.78, 5) is 38.4. The van der Waals surface area contributed by atoms with Gasteiger partial charge < -0.3 is 4.74 Å². The maximum absolute atomic E-state index is 12.6. The lowest BCUT2D eigenvalue weighted by Gasteiger charge is -2.35. The van der Waals surface area contributed by atoms with Crippen LogP contribution in [0.25, 0.3) is 0 Å². The molecular weight excluding hydrogens is 302 g/mol. The topological polar surface area (TPSA) is 63.7 Å². The zero-order valence-corrected chi connectivity index (χ0v) is 13.1. The van der Waals surface area contributed by atoms with Crippen LogP contribution in [0.3, 0.4) is 0 Å². The Hall–Kier alpha value is -2.08. The molecule has 0 saturated carbocycles. The summed E-state index contributed by atoms with van der Waals surface area (Å²) in [6.45, 7) is 5.28. The van der Waals surface area contributed by atoms with Crippen molar-refractivity contribution in [1.82, 2.24) is 4.90 Å². The molecule has 5 nitrogen and oxygen atoms in total. The number of carbonyl (C=O) groups excluding carboxylic acids is 3. The van der Waals surface area contributed by atoms with Gasteiger partial charge in [0.15, 0.2) is 4.75 Å². The molecule has 1 fully saturated rings. The van der Waals surface area contributed by atoms with Crippen LogP contribution in [0.15, 0.2) is 43.0 Å². The number of thioether (sulfide) groups is 1. The minimum Gasteiger partial charge on any atom is -0.460 e. The van der Waals surface area contributed by atoms with Crippen LogP contribution in [0.2, 0.25) is 0 Å². The third kappa shape index (κ3) is 3.06. The van der Waals surface area contributed by atoms with Gasteiger partial charge in [-0.05, 0) is 19.1 Å². The molecule has 0 radical (unpaired) electrons. The summed E-state index contributed by atoms with van der Waals surface area (Å²) in [5, 5.41) is 0. The second-order valence-corrected chi connectivity index (χ2v) is 6.41. The molecule has 1 aromatic carbocycles. The second-order valence-electron chi connectivity index (χ2n) is 4.90. The zero-order chi connectivity index (χ0) is 16.2. The van der Waals surface area contributed by atoms with Gasteiger partial charge in [0.1, 0.15) is 6.61 Å². The lowest BCUT2D eigenvalue weighted by Crippen LogP contribution is -2.56. The van der Waals surface area contributed by atoms with Crippen molar-refractivity contribution in [3.63, 3.8) is 0 Å². The first-order valence-corrected chi connectivity index (χ1v) is 7.82. The molecule has 1 atom stereocenters. The van der Waals surface area contributed by atoms with Crippen LogP contribution < -0.4 is 0 Å². The van der Waals surface area contributed by atoms with Crippen LogP contribution in [0.4, 0.5) is 0 Å². The lowest BCUT2D eigenvalue weighted by molar-refractivity contribution is -0.150. The molecule has 0 aliphatic carbocycles. The molecule has 1 aromatic rings. The van der Waals surface area contributed by atoms with Crippen LogP contribution in [-0.4, -0.2) is 46.3 Å². The molecule has 0 spiro atoms. The summed E-state index contributed by atoms with van der Waals surface area (Å²) in [6, 6.07) is 8.54. The standard InChI is InChI=1S/C16H17NO4S/c1-3-10-21-15(20)16(2)14(19)17(9-11-22-16)13(18)12-7-5-4-6-8-12/h3-8H,1,9-11H2,2H3. The van der Waals surface area contributed by atoms with Crippen LogP contribution in [-0.2, 0) is 14.3 Å². The fourth-order valence-corrected chi connectivity index (χ4v) is 3.20. The van der Waals surface area contributed by atoms with Crippen molar-refractivity contribution in [2.75, 3.05) is 18.9 Å². The average molecular weight is 319 g/mol. The van der Waals surface area contributed by atoms with E-state index in [1.165, 1.54) is 24.8 Å². The monoisotopic (exact) mass is 319 g/mol. The second kappa shape index (κ2) is 6.79. The Morgan fingerprint density at radius 3 is 2.73 bits per heavy atom. The quantitative estimate of drug-likeness (QED) is 0.367. The first-order chi connectivity index (χ1) is 10.5. The van der Waals surface area contributed by atoms with Crippen LogP contribution in [0.1, 0.15) is 17.3 Å². The van der Waals surface area contributed by atoms with E-state index in [0.717, 1.165) is 4.90 Å². The van der Waals surface area contributed by atoms with E-state index in [1.807, 2.05) is 0 Å². The van der Waals surface area contributed by atoms with Gasteiger partial charge in [0.05, 0.1) is 0 Å². The van der Waals surface area contributed by atoms with Crippen molar-refractivity contribution in [1.29, 1.82) is 0 Å². The lowest BCUT2D eigenvalue weighted by atomic mass is 10.1. The molecule has 22 heavy (non-hydrogen) atoms. The highest BCUT2D eigenvalue weighted by Gasteiger charge is 2.50. The highest BCUT2D eigenvalue weighted by molar-refractivity contribution is 8.02. The van der Waals surface area contributed by atoms with Gasteiger partial charge in [-0.2, -0.15) is 0 Å². The molecule has 6 heteroatoms. The number of esters is 1. The summed E-state index contributed by atoms with van der Waals surface area (Å²) in [5.41, 5.74) is 0.421. The molecule has 1 unspecified atom stereocenters. The summed E-state index contributed by atoms with van der Waals surface area (Å²) in [6.07, 6.45) is 1.44. The molecule has 1 saturated heterocycles. The number of carbonyl (C=O) groups is 3. The number of ether oxygens (including phenoxy) is 1. The molecule has 1 heterocycles. The van der Waals surface area contributed by atoms with Crippen LogP contribution in [0, 0.1) is 0 Å². The maximum atomic E-state index is 12.6. The summed E-state index contributed by atoms with van der Waals surface area (Å²) < 4.78 is 3.60. The minimum atomic E-state index is -1.40. The number of benzene rings is 1. The molecule has 116 valence electrons. The van der Waals surface area contributed by atoms with Crippen LogP contribution >= 0.6 is 11.8 Å². The van der Waals surface area contributed by atoms with Crippen molar-refractivity contribution in [2.45, 2.75) is 11.7 Å². The minimum absolute atomic E-state index is 0.0366. The molecule has 1 aliphatic rings. The number of amides is 2. The van der Waals surface area contributed by atoms with Crippen molar-refractivity contribution in [2.24, 2.45) is 0 Å². The molecule has 0 N–H and O–H groups in total. The molecule has 1 aliphatic heterocycles. The van der Waals surface area contributed by atoms with Crippen molar-refractivity contribution in [3.05, 3.63) is 48.6 Å². The summed E-state index contributed by atoms with van der Waals surface area (Å²) >= 11 is 1.20. The maximum Gasteiger partial charge on any atom is 0.331 e. The van der Waals surface area contributed by atoms with Gasteiger partial charge in [-0.15, -0.1) is 11.8 Å². The SMILES string of the molecule is C=CCOC(=O)C1(C)SCCN(C(=O)c2ccccc2)C1=O. The number of imide groups is 1. The van der Waals surface area contributed by atoms with E-state index in [4.69, 9.17) is 4.74 Å². The molecule has 0 aromatic heterocycles. The van der Waals surface area contributed by atoms with Gasteiger partial charge in [0.2, 0.25) is 0 Å². The van der Waals surface area contributed by atoms with Crippen LogP contribution in [0.5, 0.6) is 0 Å². The van der Waals surface area contributed by atoms with Crippen molar-refractivity contribution < 1.29 is 19.1 Å². The Kier molecular flexibility index (Phi) is 5.03. The molecule has 2 rings (SSSR count). The van der Waals surface area contributed by atoms with E-state index in [0.29, 0.717) is 11.3 Å². The number of hydrogen-bond donors (Lipinski definition) is 0. The fourth-order valence-electron chi connectivity index (χ4n) is 2.11. The van der Waals surface area contributed by atoms with Gasteiger partial charge in [-0.1, -0.05) is 30.9 Å². The summed E-state index contributed by atoms with van der Waals surface area (Å²) in [5.74, 6) is -1.09. The van der Waals surface area contributed by atoms with Gasteiger partial charge in [0, 0.05) is 17.9 Å². The Balaban J connectivity index is 2.21. The predicted molar refractivity (Wildman–Crippen MR) is 84.5 cm³/mol. The Morgan fingerprint density at radius 1 is 1.41 bits per heavy atom. The van der Waals surface area contributed by atoms with Gasteiger partial charge in [-0.25, -0.2) is 4.79 Å². The van der Waals surface area contributed by atoms with E-state index in [-0.39, 0.29) is 13.2 Å². The van der Waals surface area contributed by atoms with Gasteiger partial charge in [0.25, 0.3) is 11.8 Å². The van der Waals surface area contributed by atoms with Crippen molar-refractivity contribution in [3.8, 4) is 0 Å². The Labute approximate surface area is 133 Å². The Bertz CT molecular complexity index is 601. The highest BCUT2D eigenvalue weighted by Crippen LogP contribution is 2.33. The fraction of sp³-hybridized carbons (Fsp3) is 0.312. The number of nitrogens with zero attached hydrogens (tertiary/aromatic N) is 1. The van der Waals surface area contributed by atoms with E-state index in [1.54, 1.807) is 30.3 Å². The normalized spacial score (nSPS) is 21.3. The third-order valence-electron chi connectivity index (χ3n) is 3.35. The Morgan fingerprint density at radius 2 is 2.09 bits per heavy atom. The van der Waals surface area contributed by atoms with E-state index in [2.05, 4.69) is 6.58 Å². The number of rotatable bonds is 4. The largest absolute Gasteiger partial charge is 0.460 e. The molecular formula is C16H17NO4S. The van der Waals surface area contributed by atoms with E-state index < -0.39 is 22.5 Å². The first kappa shape index (κ1) is 16.3. The van der Waals surface area contributed by atoms with Gasteiger partial charge >= 0.3 is 5.97 Å². The zero-order valence-electron chi connectivity index (χ0n) is 12.3. The smallest absolute Gasteiger partial charge is 0.331 e. The number of hydrogen-bond acceptors (Lipinski definition) is 5. The van der Waals surface area contributed by atoms with Gasteiger partial charge in [-0.3, -0.25) is 14.5 Å². The van der Waals surface area contributed by atoms with Crippen molar-refractivity contribution >= 4 is 29.5 Å². The molecule has 2 amide bonds. The predicted octanol–water partition coefficient (Wildman–Crippen LogP) is 1.89. The first-order valence-electron chi connectivity index (χ1n) is 6.84. The molecule has 0 bridgehead atoms. The van der Waals surface area contributed by atoms with E-state index >= 15 is 0 Å². The van der Waals surface area contributed by atoms with E-state index in [9.17, 15) is 14.4 Å². The third-order valence-corrected chi connectivity index (χ3v) is 4.65. The average Bonchev–Trinajstić information content (AvgIpc) is 2.55. The summed E-state index contributed by atoms with van der Waals surface area (Å²) in [7, 11) is 0.